The molecule has 47 heavy (non-hydrogen) atoms. The normalized spacial score (nSPS) is 19.4. The van der Waals surface area contributed by atoms with E-state index in [1.165, 1.54) is 49.1 Å². The molecule has 4 aromatic heterocycles. The fourth-order valence-corrected chi connectivity index (χ4v) is 4.64. The minimum Gasteiger partial charge on any atom is -0.339 e. The van der Waals surface area contributed by atoms with Crippen LogP contribution in [0, 0.1) is 0 Å². The largest absolute Gasteiger partial charge is 0.377 e. The van der Waals surface area contributed by atoms with Gasteiger partial charge in [-0.05, 0) is 24.3 Å². The van der Waals surface area contributed by atoms with Gasteiger partial charge in [0.2, 0.25) is 0 Å². The van der Waals surface area contributed by atoms with Crippen LogP contribution in [0.25, 0.3) is 22.8 Å². The third-order valence-electron chi connectivity index (χ3n) is 6.20. The lowest BCUT2D eigenvalue weighted by molar-refractivity contribution is -0.381. The Hall–Kier alpha value is -4.69. The third kappa shape index (κ3) is 8.37. The summed E-state index contributed by atoms with van der Waals surface area (Å²) in [5.41, 5.74) is -0.621. The Morgan fingerprint density at radius 1 is 0.660 bits per heavy atom. The SMILES string of the molecule is O=c1[nH]c(-c2ccncc2)nc(N2CC(F)(F)OC(F)(F)C2)c1Cl.O=c1cc(N2CC(F)(F)OC(F)(F)C2)nc(-c2ccncc2)[nH]1. The highest BCUT2D eigenvalue weighted by molar-refractivity contribution is 6.32. The maximum absolute atomic E-state index is 13.4. The molecule has 0 spiro atoms. The molecule has 2 aliphatic heterocycles. The number of nitrogens with one attached hydrogen (secondary N) is 2. The average molecular weight is 695 g/mol. The molecule has 0 atom stereocenters. The molecule has 2 N–H and O–H groups in total. The number of aromatic amines is 2. The maximum Gasteiger partial charge on any atom is 0.377 e. The highest BCUT2D eigenvalue weighted by Gasteiger charge is 2.53. The van der Waals surface area contributed by atoms with Crippen LogP contribution in [0.5, 0.6) is 0 Å². The Morgan fingerprint density at radius 2 is 1.09 bits per heavy atom. The van der Waals surface area contributed by atoms with Gasteiger partial charge in [0.15, 0.2) is 5.82 Å². The zero-order valence-corrected chi connectivity index (χ0v) is 24.0. The molecule has 6 heterocycles. The van der Waals surface area contributed by atoms with Gasteiger partial charge in [-0.1, -0.05) is 11.6 Å². The highest BCUT2D eigenvalue weighted by atomic mass is 35.5. The first-order valence-corrected chi connectivity index (χ1v) is 13.4. The van der Waals surface area contributed by atoms with Crippen molar-refractivity contribution in [3.8, 4) is 22.8 Å². The van der Waals surface area contributed by atoms with E-state index in [0.717, 1.165) is 6.07 Å². The summed E-state index contributed by atoms with van der Waals surface area (Å²) in [6.07, 6.45) is -10.6. The number of hydrogen-bond acceptors (Lipinski definition) is 10. The summed E-state index contributed by atoms with van der Waals surface area (Å²) in [7, 11) is 0. The van der Waals surface area contributed by atoms with Crippen molar-refractivity contribution < 1.29 is 44.6 Å². The van der Waals surface area contributed by atoms with Crippen molar-refractivity contribution in [1.82, 2.24) is 29.9 Å². The van der Waals surface area contributed by atoms with E-state index in [1.807, 2.05) is 0 Å². The molecule has 6 rings (SSSR count). The molecular formula is C26H19ClF8N8O4. The summed E-state index contributed by atoms with van der Waals surface area (Å²) in [5.74, 6) is -0.717. The summed E-state index contributed by atoms with van der Waals surface area (Å²) in [6.45, 7) is -4.69. The van der Waals surface area contributed by atoms with Crippen molar-refractivity contribution in [3.05, 3.63) is 80.8 Å². The lowest BCUT2D eigenvalue weighted by Gasteiger charge is -2.37. The van der Waals surface area contributed by atoms with E-state index in [4.69, 9.17) is 11.6 Å². The van der Waals surface area contributed by atoms with Gasteiger partial charge >= 0.3 is 24.4 Å². The second kappa shape index (κ2) is 12.5. The smallest absolute Gasteiger partial charge is 0.339 e. The van der Waals surface area contributed by atoms with E-state index < -0.39 is 72.6 Å². The van der Waals surface area contributed by atoms with Gasteiger partial charge in [0.05, 0.1) is 0 Å². The molecular weight excluding hydrogens is 676 g/mol. The quantitative estimate of drug-likeness (QED) is 0.296. The van der Waals surface area contributed by atoms with Crippen LogP contribution in [0.4, 0.5) is 46.8 Å². The zero-order chi connectivity index (χ0) is 34.2. The van der Waals surface area contributed by atoms with Crippen molar-refractivity contribution in [3.63, 3.8) is 0 Å². The van der Waals surface area contributed by atoms with Crippen LogP contribution in [0.2, 0.25) is 5.02 Å². The first-order chi connectivity index (χ1) is 21.9. The molecule has 12 nitrogen and oxygen atoms in total. The minimum atomic E-state index is -4.12. The predicted molar refractivity (Wildman–Crippen MR) is 148 cm³/mol. The number of nitrogens with zero attached hydrogens (tertiary/aromatic N) is 6. The number of rotatable bonds is 4. The van der Waals surface area contributed by atoms with Crippen LogP contribution < -0.4 is 20.9 Å². The van der Waals surface area contributed by atoms with E-state index in [0.29, 0.717) is 20.9 Å². The lowest BCUT2D eigenvalue weighted by Crippen LogP contribution is -2.55. The maximum atomic E-state index is 13.4. The summed E-state index contributed by atoms with van der Waals surface area (Å²) >= 11 is 5.78. The number of pyridine rings is 2. The number of halogens is 9. The fraction of sp³-hybridized carbons (Fsp3) is 0.308. The summed E-state index contributed by atoms with van der Waals surface area (Å²) in [5, 5.41) is -0.568. The number of alkyl halides is 8. The second-order valence-corrected chi connectivity index (χ2v) is 10.3. The monoisotopic (exact) mass is 694 g/mol. The Bertz CT molecular complexity index is 1820. The topological polar surface area (TPSA) is 142 Å². The molecule has 0 aliphatic carbocycles. The Balaban J connectivity index is 0.000000185. The Kier molecular flexibility index (Phi) is 8.95. The second-order valence-electron chi connectivity index (χ2n) is 9.94. The van der Waals surface area contributed by atoms with Crippen LogP contribution in [0.1, 0.15) is 0 Å². The molecule has 250 valence electrons. The number of H-pyrrole nitrogens is 2. The first-order valence-electron chi connectivity index (χ1n) is 13.0. The predicted octanol–water partition coefficient (Wildman–Crippen LogP) is 4.36. The van der Waals surface area contributed by atoms with Crippen LogP contribution >= 0.6 is 11.6 Å². The standard InChI is InChI=1S/C13H9ClF4N4O2.C13H10F4N4O2/c14-8-10(22-5-12(15,16)24-13(17,18)6-22)20-9(21-11(8)23)7-1-3-19-4-2-7;14-12(15)6-21(7-13(16,17)23-12)9-5-10(22)20-11(19-9)8-1-3-18-4-2-8/h1-4H,5-6H2,(H,20,21,23);1-5H,6-7H2,(H,19,20,22). The van der Waals surface area contributed by atoms with Crippen molar-refractivity contribution in [2.45, 2.75) is 24.4 Å². The summed E-state index contributed by atoms with van der Waals surface area (Å²) in [6, 6.07) is 6.94. The van der Waals surface area contributed by atoms with Crippen LogP contribution in [-0.2, 0) is 9.47 Å². The molecule has 2 fully saturated rings. The van der Waals surface area contributed by atoms with Gasteiger partial charge in [0.1, 0.15) is 48.7 Å². The van der Waals surface area contributed by atoms with Gasteiger partial charge in [-0.3, -0.25) is 29.0 Å². The molecule has 0 unspecified atom stereocenters. The third-order valence-corrected chi connectivity index (χ3v) is 6.54. The summed E-state index contributed by atoms with van der Waals surface area (Å²) in [4.78, 5) is 45.0. The van der Waals surface area contributed by atoms with Crippen molar-refractivity contribution in [2.75, 3.05) is 36.0 Å². The molecule has 4 aromatic rings. The molecule has 0 saturated carbocycles. The molecule has 0 bridgehead atoms. The van der Waals surface area contributed by atoms with Crippen molar-refractivity contribution >= 4 is 23.2 Å². The van der Waals surface area contributed by atoms with E-state index >= 15 is 0 Å². The number of hydrogen-bond donors (Lipinski definition) is 2. The van der Waals surface area contributed by atoms with Gasteiger partial charge in [0, 0.05) is 42.0 Å². The highest BCUT2D eigenvalue weighted by Crippen LogP contribution is 2.37. The van der Waals surface area contributed by atoms with E-state index in [9.17, 15) is 44.7 Å². The minimum absolute atomic E-state index is 0.0140. The van der Waals surface area contributed by atoms with Gasteiger partial charge in [-0.25, -0.2) is 9.97 Å². The van der Waals surface area contributed by atoms with Gasteiger partial charge in [0.25, 0.3) is 11.1 Å². The molecule has 0 radical (unpaired) electrons. The molecule has 0 amide bonds. The van der Waals surface area contributed by atoms with Gasteiger partial charge in [-0.15, -0.1) is 0 Å². The Labute approximate surface area is 262 Å². The number of aromatic nitrogens is 6. The zero-order valence-electron chi connectivity index (χ0n) is 23.2. The fourth-order valence-electron chi connectivity index (χ4n) is 4.43. The Morgan fingerprint density at radius 3 is 1.55 bits per heavy atom. The van der Waals surface area contributed by atoms with Crippen LogP contribution in [0.3, 0.4) is 0 Å². The van der Waals surface area contributed by atoms with Crippen LogP contribution in [-0.4, -0.2) is 80.5 Å². The number of anilines is 2. The summed E-state index contributed by atoms with van der Waals surface area (Å²) < 4.78 is 114. The number of ether oxygens (including phenoxy) is 2. The first kappa shape index (κ1) is 33.7. The van der Waals surface area contributed by atoms with Gasteiger partial charge < -0.3 is 19.8 Å². The molecule has 2 aliphatic rings. The molecule has 0 aromatic carbocycles. The molecule has 2 saturated heterocycles. The van der Waals surface area contributed by atoms with Gasteiger partial charge in [-0.2, -0.15) is 35.1 Å². The van der Waals surface area contributed by atoms with E-state index in [2.05, 4.69) is 39.4 Å². The lowest BCUT2D eigenvalue weighted by atomic mass is 10.2. The van der Waals surface area contributed by atoms with Crippen LogP contribution in [0.15, 0.2) is 64.7 Å². The van der Waals surface area contributed by atoms with Crippen molar-refractivity contribution in [1.29, 1.82) is 0 Å². The molecule has 21 heteroatoms. The van der Waals surface area contributed by atoms with Crippen molar-refractivity contribution in [2.24, 2.45) is 0 Å². The van der Waals surface area contributed by atoms with E-state index in [-0.39, 0.29) is 17.5 Å². The average Bonchev–Trinajstić information content (AvgIpc) is 2.96. The van der Waals surface area contributed by atoms with E-state index in [1.54, 1.807) is 0 Å². The number of morpholine rings is 2.